The second kappa shape index (κ2) is 7.78. The smallest absolute Gasteiger partial charge is 0.253 e. The Morgan fingerprint density at radius 3 is 2.58 bits per heavy atom. The van der Waals surface area contributed by atoms with Crippen molar-refractivity contribution in [2.75, 3.05) is 25.0 Å². The minimum atomic E-state index is -0.0913. The van der Waals surface area contributed by atoms with E-state index in [1.54, 1.807) is 6.07 Å². The first kappa shape index (κ1) is 17.5. The van der Waals surface area contributed by atoms with Crippen LogP contribution >= 0.6 is 0 Å². The molecule has 2 unspecified atom stereocenters. The molecule has 0 radical (unpaired) electrons. The number of anilines is 1. The normalized spacial score (nSPS) is 26.0. The highest BCUT2D eigenvalue weighted by atomic mass is 16.2. The molecule has 1 saturated heterocycles. The monoisotopic (exact) mass is 355 g/mol. The number of benzene rings is 1. The average molecular weight is 355 g/mol. The fourth-order valence-corrected chi connectivity index (χ4v) is 4.49. The van der Waals surface area contributed by atoms with E-state index in [0.29, 0.717) is 23.8 Å². The van der Waals surface area contributed by atoms with Crippen LogP contribution in [0, 0.1) is 11.8 Å². The second-order valence-corrected chi connectivity index (χ2v) is 8.17. The zero-order valence-corrected chi connectivity index (χ0v) is 15.4. The van der Waals surface area contributed by atoms with Gasteiger partial charge in [0.25, 0.3) is 5.91 Å². The Hall–Kier alpha value is -1.88. The number of nitrogens with one attached hydrogen (secondary N) is 2. The van der Waals surface area contributed by atoms with E-state index in [2.05, 4.69) is 15.5 Å². The van der Waals surface area contributed by atoms with Crippen LogP contribution in [0.2, 0.25) is 0 Å². The molecule has 0 spiro atoms. The van der Waals surface area contributed by atoms with Crippen molar-refractivity contribution < 1.29 is 9.59 Å². The highest BCUT2D eigenvalue weighted by Crippen LogP contribution is 2.35. The molecule has 0 bridgehead atoms. The lowest BCUT2D eigenvalue weighted by Crippen LogP contribution is -2.45. The maximum atomic E-state index is 12.6. The minimum Gasteiger partial charge on any atom is -0.349 e. The number of likely N-dealkylation sites (tertiary alicyclic amines) is 1. The first-order chi connectivity index (χ1) is 12.7. The molecule has 2 saturated carbocycles. The lowest BCUT2D eigenvalue weighted by atomic mass is 9.75. The predicted octanol–water partition coefficient (Wildman–Crippen LogP) is 3.03. The molecule has 1 aromatic rings. The molecule has 1 aromatic carbocycles. The van der Waals surface area contributed by atoms with E-state index >= 15 is 0 Å². The standard InChI is InChI=1S/C21H29N3O2/c25-20(14-24-12-11-15-5-1-2-6-16(15)13-24)23-19-8-4-3-7-18(19)21(26)22-17-9-10-17/h3-4,7-8,15-17H,1-2,5-6,9-14H2,(H,22,26)(H,23,25). The molecule has 2 atom stereocenters. The summed E-state index contributed by atoms with van der Waals surface area (Å²) in [5, 5.41) is 5.96. The van der Waals surface area contributed by atoms with Gasteiger partial charge in [0.2, 0.25) is 5.91 Å². The van der Waals surface area contributed by atoms with E-state index in [0.717, 1.165) is 37.8 Å². The van der Waals surface area contributed by atoms with E-state index < -0.39 is 0 Å². The van der Waals surface area contributed by atoms with Gasteiger partial charge in [-0.25, -0.2) is 0 Å². The van der Waals surface area contributed by atoms with E-state index in [4.69, 9.17) is 0 Å². The van der Waals surface area contributed by atoms with Gasteiger partial charge in [0.15, 0.2) is 0 Å². The third-order valence-corrected chi connectivity index (χ3v) is 6.10. The Morgan fingerprint density at radius 2 is 1.77 bits per heavy atom. The molecule has 1 aliphatic heterocycles. The maximum Gasteiger partial charge on any atom is 0.253 e. The first-order valence-corrected chi connectivity index (χ1v) is 10.1. The molecule has 0 aromatic heterocycles. The van der Waals surface area contributed by atoms with Crippen molar-refractivity contribution in [2.45, 2.75) is 51.0 Å². The van der Waals surface area contributed by atoms with Crippen molar-refractivity contribution in [2.24, 2.45) is 11.8 Å². The van der Waals surface area contributed by atoms with Crippen molar-refractivity contribution in [3.8, 4) is 0 Å². The van der Waals surface area contributed by atoms with Gasteiger partial charge >= 0.3 is 0 Å². The summed E-state index contributed by atoms with van der Waals surface area (Å²) in [4.78, 5) is 27.2. The van der Waals surface area contributed by atoms with Gasteiger partial charge in [0.05, 0.1) is 17.8 Å². The van der Waals surface area contributed by atoms with E-state index in [1.807, 2.05) is 18.2 Å². The molecule has 3 aliphatic rings. The van der Waals surface area contributed by atoms with Gasteiger partial charge in [-0.2, -0.15) is 0 Å². The molecule has 5 nitrogen and oxygen atoms in total. The summed E-state index contributed by atoms with van der Waals surface area (Å²) in [6.07, 6.45) is 8.72. The summed E-state index contributed by atoms with van der Waals surface area (Å²) in [5.41, 5.74) is 1.17. The highest BCUT2D eigenvalue weighted by Gasteiger charge is 2.31. The predicted molar refractivity (Wildman–Crippen MR) is 102 cm³/mol. The van der Waals surface area contributed by atoms with Crippen LogP contribution < -0.4 is 10.6 Å². The number of rotatable bonds is 5. The Bertz CT molecular complexity index is 671. The van der Waals surface area contributed by atoms with Gasteiger partial charge in [0.1, 0.15) is 0 Å². The van der Waals surface area contributed by atoms with E-state index in [1.165, 1.54) is 32.1 Å². The number of nitrogens with zero attached hydrogens (tertiary/aromatic N) is 1. The number of carbonyl (C=O) groups is 2. The fraction of sp³-hybridized carbons (Fsp3) is 0.619. The van der Waals surface area contributed by atoms with Gasteiger partial charge in [-0.1, -0.05) is 31.4 Å². The van der Waals surface area contributed by atoms with Gasteiger partial charge < -0.3 is 10.6 Å². The zero-order valence-electron chi connectivity index (χ0n) is 15.4. The topological polar surface area (TPSA) is 61.4 Å². The summed E-state index contributed by atoms with van der Waals surface area (Å²) < 4.78 is 0. The number of para-hydroxylation sites is 1. The number of piperidine rings is 1. The third-order valence-electron chi connectivity index (χ3n) is 6.10. The first-order valence-electron chi connectivity index (χ1n) is 10.1. The van der Waals surface area contributed by atoms with Crippen molar-refractivity contribution in [3.63, 3.8) is 0 Å². The summed E-state index contributed by atoms with van der Waals surface area (Å²) in [7, 11) is 0. The summed E-state index contributed by atoms with van der Waals surface area (Å²) in [6, 6.07) is 7.60. The van der Waals surface area contributed by atoms with Crippen molar-refractivity contribution >= 4 is 17.5 Å². The lowest BCUT2D eigenvalue weighted by Gasteiger charge is -2.41. The maximum absolute atomic E-state index is 12.6. The quantitative estimate of drug-likeness (QED) is 0.853. The van der Waals surface area contributed by atoms with Crippen LogP contribution in [-0.4, -0.2) is 42.4 Å². The van der Waals surface area contributed by atoms with Crippen LogP contribution in [-0.2, 0) is 4.79 Å². The molecule has 4 rings (SSSR count). The Balaban J connectivity index is 1.34. The zero-order chi connectivity index (χ0) is 17.9. The van der Waals surface area contributed by atoms with Gasteiger partial charge in [-0.15, -0.1) is 0 Å². The van der Waals surface area contributed by atoms with Crippen LogP contribution in [0.1, 0.15) is 55.3 Å². The second-order valence-electron chi connectivity index (χ2n) is 8.17. The van der Waals surface area contributed by atoms with Crippen molar-refractivity contribution in [3.05, 3.63) is 29.8 Å². The van der Waals surface area contributed by atoms with Crippen molar-refractivity contribution in [1.29, 1.82) is 0 Å². The molecular formula is C21H29N3O2. The fourth-order valence-electron chi connectivity index (χ4n) is 4.49. The molecule has 3 fully saturated rings. The SMILES string of the molecule is O=C(CN1CCC2CCCCC2C1)Nc1ccccc1C(=O)NC1CC1. The van der Waals surface area contributed by atoms with E-state index in [9.17, 15) is 9.59 Å². The number of amides is 2. The largest absolute Gasteiger partial charge is 0.349 e. The number of hydrogen-bond donors (Lipinski definition) is 2. The van der Waals surface area contributed by atoms with Crippen LogP contribution in [0.15, 0.2) is 24.3 Å². The number of hydrogen-bond acceptors (Lipinski definition) is 3. The lowest BCUT2D eigenvalue weighted by molar-refractivity contribution is -0.118. The van der Waals surface area contributed by atoms with Gasteiger partial charge in [0, 0.05) is 12.6 Å². The van der Waals surface area contributed by atoms with Crippen molar-refractivity contribution in [1.82, 2.24) is 10.2 Å². The molecule has 2 N–H and O–H groups in total. The number of fused-ring (bicyclic) bond motifs is 1. The average Bonchev–Trinajstić information content (AvgIpc) is 3.46. The van der Waals surface area contributed by atoms with Gasteiger partial charge in [-0.05, 0) is 56.2 Å². The Morgan fingerprint density at radius 1 is 1.00 bits per heavy atom. The summed E-state index contributed by atoms with van der Waals surface area (Å²) >= 11 is 0. The summed E-state index contributed by atoms with van der Waals surface area (Å²) in [6.45, 7) is 2.47. The molecule has 2 amide bonds. The van der Waals surface area contributed by atoms with Crippen LogP contribution in [0.25, 0.3) is 0 Å². The molecule has 5 heteroatoms. The van der Waals surface area contributed by atoms with Crippen LogP contribution in [0.3, 0.4) is 0 Å². The molecule has 140 valence electrons. The third kappa shape index (κ3) is 4.26. The van der Waals surface area contributed by atoms with Crippen LogP contribution in [0.5, 0.6) is 0 Å². The molecule has 2 aliphatic carbocycles. The Kier molecular flexibility index (Phi) is 5.25. The number of carbonyl (C=O) groups excluding carboxylic acids is 2. The molecular weight excluding hydrogens is 326 g/mol. The molecule has 1 heterocycles. The summed E-state index contributed by atoms with van der Waals surface area (Å²) in [5.74, 6) is 1.52. The Labute approximate surface area is 155 Å². The highest BCUT2D eigenvalue weighted by molar-refractivity contribution is 6.04. The van der Waals surface area contributed by atoms with Crippen LogP contribution in [0.4, 0.5) is 5.69 Å². The minimum absolute atomic E-state index is 0.0223. The van der Waals surface area contributed by atoms with E-state index in [-0.39, 0.29) is 11.8 Å². The molecule has 26 heavy (non-hydrogen) atoms. The van der Waals surface area contributed by atoms with Gasteiger partial charge in [-0.3, -0.25) is 14.5 Å².